The highest BCUT2D eigenvalue weighted by molar-refractivity contribution is 6.30. The Hall–Kier alpha value is -2.79. The molecule has 3 atom stereocenters. The van der Waals surface area contributed by atoms with Gasteiger partial charge in [0, 0.05) is 21.7 Å². The van der Waals surface area contributed by atoms with Crippen LogP contribution in [-0.2, 0) is 16.0 Å². The van der Waals surface area contributed by atoms with Crippen LogP contribution in [0.4, 0.5) is 0 Å². The molecule has 1 aliphatic carbocycles. The van der Waals surface area contributed by atoms with Crippen molar-refractivity contribution in [3.8, 4) is 5.75 Å². The molecule has 5 nitrogen and oxygen atoms in total. The average Bonchev–Trinajstić information content (AvgIpc) is 3.16. The van der Waals surface area contributed by atoms with Crippen molar-refractivity contribution < 1.29 is 24.5 Å². The largest absolute Gasteiger partial charge is 0.497 e. The summed E-state index contributed by atoms with van der Waals surface area (Å²) >= 11 is 5.95. The zero-order valence-electron chi connectivity index (χ0n) is 24.8. The lowest BCUT2D eigenvalue weighted by molar-refractivity contribution is -0.155. The lowest BCUT2D eigenvalue weighted by Crippen LogP contribution is -2.36. The Labute approximate surface area is 218 Å². The molecule has 0 N–H and O–H groups in total. The molecule has 1 heterocycles. The zero-order chi connectivity index (χ0) is 28.8. The zero-order valence-corrected chi connectivity index (χ0v) is 21.6. The molecule has 186 valence electrons. The summed E-state index contributed by atoms with van der Waals surface area (Å²) in [5.74, 6) is 0.582. The first-order chi connectivity index (χ1) is 18.4. The average molecular weight is 500 g/mol. The summed E-state index contributed by atoms with van der Waals surface area (Å²) < 4.78 is 45.6. The smallest absolute Gasteiger partial charge is 0.310 e. The Kier molecular flexibility index (Phi) is 6.09. The third kappa shape index (κ3) is 5.25. The van der Waals surface area contributed by atoms with E-state index in [0.717, 1.165) is 19.3 Å². The van der Waals surface area contributed by atoms with Crippen molar-refractivity contribution in [2.24, 2.45) is 17.8 Å². The maximum Gasteiger partial charge on any atom is 0.310 e. The first kappa shape index (κ1) is 20.4. The molecule has 1 fully saturated rings. The van der Waals surface area contributed by atoms with Gasteiger partial charge in [-0.1, -0.05) is 38.8 Å². The Balaban J connectivity index is 1.78. The molecule has 0 amide bonds. The summed E-state index contributed by atoms with van der Waals surface area (Å²) in [6.07, 6.45) is 2.72. The fourth-order valence-electron chi connectivity index (χ4n) is 5.20. The lowest BCUT2D eigenvalue weighted by Gasteiger charge is -2.36. The van der Waals surface area contributed by atoms with Crippen LogP contribution in [0.15, 0.2) is 42.4 Å². The number of carbonyl (C=O) groups excluding carboxylic acids is 2. The monoisotopic (exact) mass is 499 g/mol. The van der Waals surface area contributed by atoms with E-state index < -0.39 is 35.6 Å². The van der Waals surface area contributed by atoms with Crippen molar-refractivity contribution in [1.29, 1.82) is 0 Å². The molecule has 2 aromatic carbocycles. The van der Waals surface area contributed by atoms with Gasteiger partial charge in [-0.2, -0.15) is 0 Å². The van der Waals surface area contributed by atoms with Gasteiger partial charge in [-0.15, -0.1) is 0 Å². The van der Waals surface area contributed by atoms with Crippen LogP contribution in [0.3, 0.4) is 0 Å². The standard InChI is InChI=1S/C29H34ClNO4/c1-17(2)23-12-6-18(3)14-27(23)35-28(32)16-24-19(4)31(26-13-11-22(34-5)15-25(24)26)29(33)20-7-9-21(30)10-8-20/h7-11,13,15,17-18,23,27H,6,12,14,16H2,1-5H3/t18-,23+,27-/m1/s1/i7D,8D,9D,10D. The number of nitrogens with zero attached hydrogens (tertiary/aromatic N) is 1. The molecule has 1 saturated carbocycles. The minimum Gasteiger partial charge on any atom is -0.497 e. The van der Waals surface area contributed by atoms with Crippen molar-refractivity contribution in [3.63, 3.8) is 0 Å². The van der Waals surface area contributed by atoms with E-state index in [1.54, 1.807) is 25.1 Å². The number of hydrogen-bond donors (Lipinski definition) is 0. The highest BCUT2D eigenvalue weighted by atomic mass is 35.5. The number of esters is 1. The van der Waals surface area contributed by atoms with Gasteiger partial charge < -0.3 is 9.47 Å². The van der Waals surface area contributed by atoms with Gasteiger partial charge in [-0.3, -0.25) is 14.2 Å². The second-order valence-corrected chi connectivity index (χ2v) is 10.2. The first-order valence-electron chi connectivity index (χ1n) is 14.0. The van der Waals surface area contributed by atoms with E-state index in [2.05, 4.69) is 20.8 Å². The summed E-state index contributed by atoms with van der Waals surface area (Å²) in [6, 6.07) is 3.09. The maximum absolute atomic E-state index is 13.8. The number of hydrogen-bond acceptors (Lipinski definition) is 4. The Morgan fingerprint density at radius 2 is 1.91 bits per heavy atom. The van der Waals surface area contributed by atoms with Crippen LogP contribution in [0.1, 0.15) is 67.1 Å². The predicted molar refractivity (Wildman–Crippen MR) is 139 cm³/mol. The number of carbonyl (C=O) groups is 2. The molecule has 0 radical (unpaired) electrons. The SMILES string of the molecule is [2H]c1c([2H])c(C(=O)n2c(C)c(CC(=O)O[C@@H]3C[C@H](C)CC[C@H]3C(C)C)c3cc(OC)ccc32)c([2H])c([2H])c1Cl. The number of halogens is 1. The highest BCUT2D eigenvalue weighted by Gasteiger charge is 2.34. The Bertz CT molecular complexity index is 1420. The van der Waals surface area contributed by atoms with Gasteiger partial charge in [0.15, 0.2) is 0 Å². The van der Waals surface area contributed by atoms with Crippen LogP contribution in [0, 0.1) is 24.7 Å². The molecule has 0 saturated heterocycles. The van der Waals surface area contributed by atoms with Gasteiger partial charge >= 0.3 is 5.97 Å². The fourth-order valence-corrected chi connectivity index (χ4v) is 5.29. The van der Waals surface area contributed by atoms with Crippen molar-refractivity contribution in [2.45, 2.75) is 59.5 Å². The van der Waals surface area contributed by atoms with Crippen molar-refractivity contribution in [2.75, 3.05) is 7.11 Å². The van der Waals surface area contributed by atoms with Gasteiger partial charge in [-0.25, -0.2) is 0 Å². The van der Waals surface area contributed by atoms with Gasteiger partial charge in [0.05, 0.1) is 24.5 Å². The normalized spacial score (nSPS) is 21.9. The van der Waals surface area contributed by atoms with E-state index in [-0.39, 0.29) is 23.5 Å². The second-order valence-electron chi connectivity index (χ2n) is 9.81. The van der Waals surface area contributed by atoms with E-state index >= 15 is 0 Å². The van der Waals surface area contributed by atoms with E-state index in [9.17, 15) is 9.59 Å². The quantitative estimate of drug-likeness (QED) is 0.348. The highest BCUT2D eigenvalue weighted by Crippen LogP contribution is 2.36. The number of methoxy groups -OCH3 is 1. The Morgan fingerprint density at radius 1 is 1.20 bits per heavy atom. The van der Waals surface area contributed by atoms with Gasteiger partial charge in [0.2, 0.25) is 0 Å². The molecule has 0 spiro atoms. The number of rotatable bonds is 6. The van der Waals surface area contributed by atoms with Gasteiger partial charge in [0.1, 0.15) is 11.9 Å². The van der Waals surface area contributed by atoms with Crippen LogP contribution in [0.5, 0.6) is 5.75 Å². The van der Waals surface area contributed by atoms with Gasteiger partial charge in [0.25, 0.3) is 5.91 Å². The molecule has 35 heavy (non-hydrogen) atoms. The van der Waals surface area contributed by atoms with E-state index in [0.29, 0.717) is 45.7 Å². The third-order valence-corrected chi connectivity index (χ3v) is 7.31. The third-order valence-electron chi connectivity index (χ3n) is 7.12. The van der Waals surface area contributed by atoms with Crippen LogP contribution in [0.2, 0.25) is 5.02 Å². The molecular weight excluding hydrogens is 462 g/mol. The topological polar surface area (TPSA) is 57.5 Å². The minimum atomic E-state index is -0.739. The molecular formula is C29H34ClNO4. The van der Waals surface area contributed by atoms with E-state index in [1.165, 1.54) is 11.7 Å². The van der Waals surface area contributed by atoms with Crippen LogP contribution in [-0.4, -0.2) is 29.7 Å². The summed E-state index contributed by atoms with van der Waals surface area (Å²) in [5.41, 5.74) is 1.09. The van der Waals surface area contributed by atoms with Crippen LogP contribution in [0.25, 0.3) is 10.9 Å². The van der Waals surface area contributed by atoms with Crippen molar-refractivity contribution >= 4 is 34.4 Å². The number of aromatic nitrogens is 1. The van der Waals surface area contributed by atoms with E-state index in [4.69, 9.17) is 26.6 Å². The van der Waals surface area contributed by atoms with Crippen molar-refractivity contribution in [3.05, 3.63) is 64.2 Å². The molecule has 0 bridgehead atoms. The Morgan fingerprint density at radius 3 is 2.57 bits per heavy atom. The lowest BCUT2D eigenvalue weighted by atomic mass is 9.75. The minimum absolute atomic E-state index is 0.0685. The van der Waals surface area contributed by atoms with Crippen molar-refractivity contribution in [1.82, 2.24) is 4.57 Å². The molecule has 4 rings (SSSR count). The molecule has 1 aromatic heterocycles. The maximum atomic E-state index is 13.8. The summed E-state index contributed by atoms with van der Waals surface area (Å²) in [7, 11) is 1.53. The molecule has 6 heteroatoms. The fraction of sp³-hybridized carbons (Fsp3) is 0.448. The number of ether oxygens (including phenoxy) is 2. The number of fused-ring (bicyclic) bond motifs is 1. The predicted octanol–water partition coefficient (Wildman–Crippen LogP) is 6.85. The second kappa shape index (κ2) is 10.4. The summed E-state index contributed by atoms with van der Waals surface area (Å²) in [5, 5.41) is 0.263. The number of benzene rings is 2. The van der Waals surface area contributed by atoms with E-state index in [1.807, 2.05) is 0 Å². The molecule has 0 unspecified atom stereocenters. The molecule has 3 aromatic rings. The molecule has 1 aliphatic rings. The molecule has 0 aliphatic heterocycles. The first-order valence-corrected chi connectivity index (χ1v) is 12.4. The summed E-state index contributed by atoms with van der Waals surface area (Å²) in [6.45, 7) is 8.17. The van der Waals surface area contributed by atoms with Crippen LogP contribution < -0.4 is 4.74 Å². The summed E-state index contributed by atoms with van der Waals surface area (Å²) in [4.78, 5) is 27.1. The van der Waals surface area contributed by atoms with Gasteiger partial charge in [-0.05, 0) is 85.5 Å². The van der Waals surface area contributed by atoms with Crippen LogP contribution >= 0.6 is 11.6 Å².